The molecule has 0 saturated heterocycles. The van der Waals surface area contributed by atoms with Crippen molar-refractivity contribution in [1.82, 2.24) is 4.48 Å². The fourth-order valence-electron chi connectivity index (χ4n) is 10.9. The second-order valence-electron chi connectivity index (χ2n) is 21.8. The molecule has 8 aromatic carbocycles. The molecule has 0 aliphatic carbocycles. The van der Waals surface area contributed by atoms with Crippen LogP contribution in [-0.4, -0.2) is 11.3 Å². The molecular weight excluding hydrogens is 814 g/mol. The maximum atomic E-state index is 7.21. The topological polar surface area (TPSA) is 24.6 Å². The molecule has 5 heteroatoms. The van der Waals surface area contributed by atoms with Crippen LogP contribution in [0.5, 0.6) is 0 Å². The number of benzene rings is 8. The van der Waals surface area contributed by atoms with Crippen LogP contribution in [0.15, 0.2) is 180 Å². The molecule has 0 spiro atoms. The fourth-order valence-corrected chi connectivity index (χ4v) is 10.9. The number of aromatic nitrogens is 1. The van der Waals surface area contributed by atoms with Crippen molar-refractivity contribution < 1.29 is 4.42 Å². The van der Waals surface area contributed by atoms with Gasteiger partial charge in [0.25, 0.3) is 0 Å². The molecule has 0 N–H and O–H groups in total. The quantitative estimate of drug-likeness (QED) is 0.161. The lowest BCUT2D eigenvalue weighted by molar-refractivity contribution is 0.589. The van der Waals surface area contributed by atoms with Gasteiger partial charge in [-0.1, -0.05) is 178 Å². The highest BCUT2D eigenvalue weighted by atomic mass is 16.4. The number of hydrogen-bond acceptors (Lipinski definition) is 3. The Kier molecular flexibility index (Phi) is 9.00. The minimum Gasteiger partial charge on any atom is -0.440 e. The van der Waals surface area contributed by atoms with Crippen molar-refractivity contribution in [2.75, 3.05) is 9.80 Å². The lowest BCUT2D eigenvalue weighted by atomic mass is 9.45. The summed E-state index contributed by atoms with van der Waals surface area (Å²) >= 11 is 0. The molecule has 0 amide bonds. The van der Waals surface area contributed by atoms with Crippen LogP contribution in [-0.2, 0) is 16.2 Å². The van der Waals surface area contributed by atoms with E-state index in [1.54, 1.807) is 0 Å². The third-order valence-electron chi connectivity index (χ3n) is 14.4. The van der Waals surface area contributed by atoms with E-state index < -0.39 is 0 Å². The molecule has 4 nitrogen and oxygen atoms in total. The number of furan rings is 1. The fraction of sp³-hybridized carbons (Fsp3) is 0.194. The lowest BCUT2D eigenvalue weighted by Crippen LogP contribution is -2.56. The van der Waals surface area contributed by atoms with Crippen molar-refractivity contribution in [1.29, 1.82) is 0 Å². The van der Waals surface area contributed by atoms with Crippen molar-refractivity contribution >= 4 is 84.9 Å². The van der Waals surface area contributed by atoms with Gasteiger partial charge < -0.3 is 13.8 Å². The molecular formula is C62H56BN3O. The maximum Gasteiger partial charge on any atom is 0.337 e. The molecule has 0 radical (unpaired) electrons. The van der Waals surface area contributed by atoms with E-state index in [1.807, 2.05) is 0 Å². The number of anilines is 6. The Bertz CT molecular complexity index is 3580. The maximum absolute atomic E-state index is 7.21. The normalized spacial score (nSPS) is 13.4. The van der Waals surface area contributed by atoms with E-state index in [-0.39, 0.29) is 23.1 Å². The summed E-state index contributed by atoms with van der Waals surface area (Å²) in [6, 6.07) is 65.5. The largest absolute Gasteiger partial charge is 0.440 e. The van der Waals surface area contributed by atoms with E-state index in [1.165, 1.54) is 77.4 Å². The van der Waals surface area contributed by atoms with E-state index in [9.17, 15) is 0 Å². The van der Waals surface area contributed by atoms with Gasteiger partial charge in [0.1, 0.15) is 5.58 Å². The van der Waals surface area contributed by atoms with Gasteiger partial charge in [0.2, 0.25) is 5.88 Å². The van der Waals surface area contributed by atoms with Crippen LogP contribution in [0.25, 0.3) is 55.0 Å². The van der Waals surface area contributed by atoms with Crippen LogP contribution in [0.4, 0.5) is 34.3 Å². The molecule has 10 aromatic rings. The smallest absolute Gasteiger partial charge is 0.337 e. The highest BCUT2D eigenvalue weighted by Crippen LogP contribution is 2.53. The molecule has 0 bridgehead atoms. The van der Waals surface area contributed by atoms with Gasteiger partial charge in [-0.15, -0.1) is 0 Å². The molecule has 2 aliphatic rings. The minimum atomic E-state index is -0.173. The minimum absolute atomic E-state index is 0.0251. The Hall–Kier alpha value is -7.24. The molecule has 0 saturated carbocycles. The summed E-state index contributed by atoms with van der Waals surface area (Å²) in [5, 5.41) is 3.63. The molecule has 67 heavy (non-hydrogen) atoms. The van der Waals surface area contributed by atoms with Gasteiger partial charge in [-0.25, -0.2) is 0 Å². The summed E-state index contributed by atoms with van der Waals surface area (Å²) < 4.78 is 9.89. The SMILES string of the molecule is CC(C)(C)c1ccc(N2c3cc(C(C)(C)C)cc4c3B(c3c2oc2ccccc32)n2c3ccc(C(C)(C)C)cc3c3c(N(c5ccccc5)c5ccccc5-c5ccccc5)ccc-4c32)cc1. The van der Waals surface area contributed by atoms with Crippen LogP contribution >= 0.6 is 0 Å². The molecule has 0 unspecified atom stereocenters. The Morgan fingerprint density at radius 1 is 0.478 bits per heavy atom. The van der Waals surface area contributed by atoms with Gasteiger partial charge in [0.15, 0.2) is 0 Å². The first-order chi connectivity index (χ1) is 32.2. The number of nitrogens with zero attached hydrogens (tertiary/aromatic N) is 3. The van der Waals surface area contributed by atoms with E-state index in [0.29, 0.717) is 0 Å². The Morgan fingerprint density at radius 3 is 1.84 bits per heavy atom. The van der Waals surface area contributed by atoms with Gasteiger partial charge in [-0.2, -0.15) is 0 Å². The molecule has 2 aliphatic heterocycles. The molecule has 12 rings (SSSR count). The van der Waals surface area contributed by atoms with Gasteiger partial charge in [-0.3, -0.25) is 4.90 Å². The summed E-state index contributed by atoms with van der Waals surface area (Å²) in [5.74, 6) is 0.878. The molecule has 2 aromatic heterocycles. The standard InChI is InChI=1S/C62H56BN3O/c1-60(2,3)40-28-31-44(32-29-40)65-53-38-42(62(7,8)9)37-48-46-33-35-52(64(43-22-14-11-15-23-43)50-26-18-16-24-45(50)39-20-12-10-13-21-39)55-49-36-41(61(4,5)6)30-34-51(49)66(58(46)55)63(56(48)53)57-47-25-17-19-27-54(47)67-59(57)65/h10-38H,1-9H3. The van der Waals surface area contributed by atoms with Crippen LogP contribution < -0.4 is 20.7 Å². The van der Waals surface area contributed by atoms with Gasteiger partial charge in [0, 0.05) is 60.8 Å². The van der Waals surface area contributed by atoms with Crippen molar-refractivity contribution in [2.24, 2.45) is 0 Å². The van der Waals surface area contributed by atoms with E-state index in [0.717, 1.165) is 39.6 Å². The van der Waals surface area contributed by atoms with Crippen molar-refractivity contribution in [3.63, 3.8) is 0 Å². The van der Waals surface area contributed by atoms with E-state index in [2.05, 4.69) is 253 Å². The van der Waals surface area contributed by atoms with Crippen LogP contribution in [0.3, 0.4) is 0 Å². The van der Waals surface area contributed by atoms with E-state index in [4.69, 9.17) is 4.42 Å². The number of fused-ring (bicyclic) bond motifs is 9. The molecule has 4 heterocycles. The van der Waals surface area contributed by atoms with Gasteiger partial charge >= 0.3 is 6.85 Å². The average Bonchev–Trinajstić information content (AvgIpc) is 3.87. The predicted molar refractivity (Wildman–Crippen MR) is 286 cm³/mol. The summed E-state index contributed by atoms with van der Waals surface area (Å²) in [5.41, 5.74) is 20.1. The van der Waals surface area contributed by atoms with Crippen molar-refractivity contribution in [2.45, 2.75) is 78.6 Å². The number of rotatable bonds is 5. The first-order valence-corrected chi connectivity index (χ1v) is 23.9. The molecule has 0 atom stereocenters. The lowest BCUT2D eigenvalue weighted by Gasteiger charge is -2.39. The monoisotopic (exact) mass is 869 g/mol. The summed E-state index contributed by atoms with van der Waals surface area (Å²) in [6.07, 6.45) is 0. The third kappa shape index (κ3) is 6.34. The van der Waals surface area contributed by atoms with E-state index >= 15 is 0 Å². The predicted octanol–water partition coefficient (Wildman–Crippen LogP) is 16.0. The highest BCUT2D eigenvalue weighted by molar-refractivity contribution is 6.91. The van der Waals surface area contributed by atoms with Crippen molar-refractivity contribution in [3.05, 3.63) is 193 Å². The Labute approximate surface area is 395 Å². The Morgan fingerprint density at radius 2 is 1.12 bits per heavy atom. The third-order valence-corrected chi connectivity index (χ3v) is 14.4. The summed E-state index contributed by atoms with van der Waals surface area (Å²) in [4.78, 5) is 4.92. The summed E-state index contributed by atoms with van der Waals surface area (Å²) in [6.45, 7) is 20.7. The molecule has 0 fully saturated rings. The van der Waals surface area contributed by atoms with Crippen LogP contribution in [0.1, 0.15) is 79.0 Å². The highest BCUT2D eigenvalue weighted by Gasteiger charge is 2.47. The second kappa shape index (κ2) is 14.6. The zero-order valence-electron chi connectivity index (χ0n) is 40.1. The number of para-hydroxylation sites is 3. The summed E-state index contributed by atoms with van der Waals surface area (Å²) in [7, 11) is 0. The zero-order valence-corrected chi connectivity index (χ0v) is 40.1. The van der Waals surface area contributed by atoms with Gasteiger partial charge in [0.05, 0.1) is 11.4 Å². The first kappa shape index (κ1) is 41.2. The average molecular weight is 870 g/mol. The number of hydrogen-bond donors (Lipinski definition) is 0. The van der Waals surface area contributed by atoms with Crippen molar-refractivity contribution in [3.8, 4) is 22.3 Å². The first-order valence-electron chi connectivity index (χ1n) is 23.9. The Balaban J connectivity index is 1.24. The van der Waals surface area contributed by atoms with Crippen LogP contribution in [0.2, 0.25) is 0 Å². The zero-order chi connectivity index (χ0) is 46.1. The second-order valence-corrected chi connectivity index (χ2v) is 21.8. The van der Waals surface area contributed by atoms with Crippen LogP contribution in [0, 0.1) is 0 Å². The van der Waals surface area contributed by atoms with Gasteiger partial charge in [-0.05, 0) is 110 Å². The molecule has 328 valence electrons.